The predicted molar refractivity (Wildman–Crippen MR) is 198 cm³/mol. The fourth-order valence-corrected chi connectivity index (χ4v) is 5.18. The van der Waals surface area contributed by atoms with E-state index in [1.165, 1.54) is 7.11 Å². The molecule has 0 bridgehead atoms. The van der Waals surface area contributed by atoms with Gasteiger partial charge in [0.2, 0.25) is 8.32 Å². The second-order valence-electron chi connectivity index (χ2n) is 12.6. The van der Waals surface area contributed by atoms with Gasteiger partial charge in [-0.1, -0.05) is 84.9 Å². The standard InChI is InChI=1S/C18H21NO3.C13H11NO.C8H18O2Si/c1-18(2,17(21)22-3)16(13-9-5-4-6-10-13)19-14-11-7-8-12-15(14)20;15-13-9-5-4-8-12(13)14-10-11-6-2-1-3-7-11;1-7(2)8(9-3)10-11(4,5)6/h4-12,16,19-20H,1-3H3;1-10,15H;1-6H3/t16-;;/m1../s1. The Morgan fingerprint density at radius 3 is 1.77 bits per heavy atom. The normalized spacial score (nSPS) is 11.5. The largest absolute Gasteiger partial charge is 0.520 e. The number of carbonyl (C=O) groups is 1. The molecule has 0 aliphatic rings. The Hall–Kier alpha value is -5.02. The van der Waals surface area contributed by atoms with E-state index in [4.69, 9.17) is 13.9 Å². The number of ether oxygens (including phenoxy) is 2. The van der Waals surface area contributed by atoms with Gasteiger partial charge in [-0.3, -0.25) is 9.79 Å². The van der Waals surface area contributed by atoms with Crippen LogP contribution in [0.15, 0.2) is 126 Å². The third-order valence-electron chi connectivity index (χ3n) is 6.80. The molecule has 0 fully saturated rings. The summed E-state index contributed by atoms with van der Waals surface area (Å²) in [5.41, 5.74) is 3.41. The third kappa shape index (κ3) is 13.0. The SMILES string of the molecule is COC(=O)C(C)(C)[C@H](Nc1ccccc1O)c1ccccc1.COC(O[Si](C)(C)C)=C(C)C.Oc1ccccc1N=Cc1ccccc1. The number of allylic oxidation sites excluding steroid dienone is 1. The molecule has 0 unspecified atom stereocenters. The van der Waals surface area contributed by atoms with Crippen LogP contribution in [0, 0.1) is 5.41 Å². The van der Waals surface area contributed by atoms with Crippen LogP contribution in [0.5, 0.6) is 11.5 Å². The van der Waals surface area contributed by atoms with Crippen molar-refractivity contribution in [2.75, 3.05) is 19.5 Å². The fourth-order valence-electron chi connectivity index (χ4n) is 4.34. The number of rotatable bonds is 10. The number of nitrogens with one attached hydrogen (secondary N) is 1. The maximum Gasteiger partial charge on any atom is 0.313 e. The van der Waals surface area contributed by atoms with Crippen molar-refractivity contribution in [2.45, 2.75) is 53.4 Å². The maximum atomic E-state index is 12.2. The van der Waals surface area contributed by atoms with E-state index >= 15 is 0 Å². The molecule has 0 aromatic heterocycles. The summed E-state index contributed by atoms with van der Waals surface area (Å²) in [7, 11) is 1.54. The number of hydrogen-bond acceptors (Lipinski definition) is 8. The molecule has 0 aliphatic heterocycles. The minimum Gasteiger partial charge on any atom is -0.520 e. The Bertz CT molecular complexity index is 1610. The van der Waals surface area contributed by atoms with Crippen molar-refractivity contribution in [3.05, 3.63) is 132 Å². The number of aromatic hydroxyl groups is 2. The Morgan fingerprint density at radius 1 is 0.771 bits per heavy atom. The average Bonchev–Trinajstić information content (AvgIpc) is 3.07. The lowest BCUT2D eigenvalue weighted by Crippen LogP contribution is -2.36. The lowest BCUT2D eigenvalue weighted by Gasteiger charge is -2.33. The molecule has 0 amide bonds. The topological polar surface area (TPSA) is 110 Å². The molecule has 3 N–H and O–H groups in total. The molecule has 0 radical (unpaired) electrons. The first-order chi connectivity index (χ1) is 22.7. The number of phenols is 2. The molecule has 256 valence electrons. The third-order valence-corrected chi connectivity index (χ3v) is 7.59. The highest BCUT2D eigenvalue weighted by Crippen LogP contribution is 2.39. The molecule has 0 spiro atoms. The smallest absolute Gasteiger partial charge is 0.313 e. The monoisotopic (exact) mass is 670 g/mol. The molecule has 0 heterocycles. The highest BCUT2D eigenvalue weighted by molar-refractivity contribution is 6.70. The van der Waals surface area contributed by atoms with Gasteiger partial charge < -0.3 is 29.4 Å². The van der Waals surface area contributed by atoms with Gasteiger partial charge in [0.15, 0.2) is 0 Å². The van der Waals surface area contributed by atoms with E-state index in [1.807, 2.05) is 100 Å². The second kappa shape index (κ2) is 19.0. The first-order valence-electron chi connectivity index (χ1n) is 15.6. The number of phenolic OH excluding ortho intramolecular Hbond substituents is 2. The van der Waals surface area contributed by atoms with Crippen LogP contribution < -0.4 is 5.32 Å². The van der Waals surface area contributed by atoms with Gasteiger partial charge in [-0.25, -0.2) is 0 Å². The van der Waals surface area contributed by atoms with Crippen molar-refractivity contribution in [2.24, 2.45) is 10.4 Å². The van der Waals surface area contributed by atoms with Crippen molar-refractivity contribution in [3.63, 3.8) is 0 Å². The van der Waals surface area contributed by atoms with E-state index in [9.17, 15) is 15.0 Å². The first kappa shape index (κ1) is 39.2. The van der Waals surface area contributed by atoms with Gasteiger partial charge in [-0.05, 0) is 82.7 Å². The average molecular weight is 671 g/mol. The van der Waals surface area contributed by atoms with Crippen LogP contribution in [-0.2, 0) is 18.7 Å². The summed E-state index contributed by atoms with van der Waals surface area (Å²) in [5.74, 6) is 0.710. The van der Waals surface area contributed by atoms with E-state index in [0.717, 1.165) is 16.7 Å². The highest BCUT2D eigenvalue weighted by atomic mass is 28.4. The van der Waals surface area contributed by atoms with Crippen molar-refractivity contribution < 1.29 is 28.9 Å². The van der Waals surface area contributed by atoms with Crippen LogP contribution in [0.25, 0.3) is 0 Å². The summed E-state index contributed by atoms with van der Waals surface area (Å²) in [5, 5.41) is 22.7. The van der Waals surface area contributed by atoms with E-state index in [0.29, 0.717) is 17.3 Å². The number of methoxy groups -OCH3 is 2. The Balaban J connectivity index is 0.000000268. The Labute approximate surface area is 286 Å². The number of anilines is 1. The summed E-state index contributed by atoms with van der Waals surface area (Å²) in [6, 6.07) is 33.1. The number of para-hydroxylation sites is 4. The van der Waals surface area contributed by atoms with Gasteiger partial charge in [0.1, 0.15) is 17.2 Å². The molecular formula is C39H50N2O6Si. The zero-order valence-electron chi connectivity index (χ0n) is 29.5. The van der Waals surface area contributed by atoms with Gasteiger partial charge in [-0.2, -0.15) is 0 Å². The van der Waals surface area contributed by atoms with Crippen LogP contribution in [0.2, 0.25) is 19.6 Å². The first-order valence-corrected chi connectivity index (χ1v) is 19.1. The molecule has 4 aromatic carbocycles. The van der Waals surface area contributed by atoms with E-state index in [2.05, 4.69) is 30.0 Å². The minimum absolute atomic E-state index is 0.143. The van der Waals surface area contributed by atoms with Crippen LogP contribution in [0.1, 0.15) is 44.9 Å². The molecule has 4 aromatic rings. The van der Waals surface area contributed by atoms with Gasteiger partial charge in [0.05, 0.1) is 31.4 Å². The van der Waals surface area contributed by atoms with Crippen LogP contribution in [0.4, 0.5) is 11.4 Å². The van der Waals surface area contributed by atoms with Crippen molar-refractivity contribution in [1.82, 2.24) is 0 Å². The zero-order chi connectivity index (χ0) is 35.7. The van der Waals surface area contributed by atoms with Crippen LogP contribution in [0.3, 0.4) is 0 Å². The van der Waals surface area contributed by atoms with Crippen LogP contribution in [-0.4, -0.2) is 44.9 Å². The summed E-state index contributed by atoms with van der Waals surface area (Å²) in [6.07, 6.45) is 1.73. The van der Waals surface area contributed by atoms with Gasteiger partial charge >= 0.3 is 5.97 Å². The molecule has 9 heteroatoms. The number of aliphatic imine (C=N–C) groups is 1. The Morgan fingerprint density at radius 2 is 1.29 bits per heavy atom. The van der Waals surface area contributed by atoms with Gasteiger partial charge in [0, 0.05) is 11.8 Å². The van der Waals surface area contributed by atoms with Gasteiger partial charge in [0.25, 0.3) is 5.95 Å². The van der Waals surface area contributed by atoms with Gasteiger partial charge in [-0.15, -0.1) is 0 Å². The summed E-state index contributed by atoms with van der Waals surface area (Å²) < 4.78 is 15.7. The van der Waals surface area contributed by atoms with Crippen LogP contribution >= 0.6 is 0 Å². The molecule has 1 atom stereocenters. The maximum absolute atomic E-state index is 12.2. The lowest BCUT2D eigenvalue weighted by atomic mass is 9.80. The summed E-state index contributed by atoms with van der Waals surface area (Å²) >= 11 is 0. The molecule has 8 nitrogen and oxygen atoms in total. The molecule has 4 rings (SSSR count). The number of nitrogens with zero attached hydrogens (tertiary/aromatic N) is 1. The van der Waals surface area contributed by atoms with Crippen molar-refractivity contribution >= 4 is 31.9 Å². The lowest BCUT2D eigenvalue weighted by molar-refractivity contribution is -0.151. The molecule has 0 saturated carbocycles. The predicted octanol–water partition coefficient (Wildman–Crippen LogP) is 9.62. The number of benzene rings is 4. The number of hydrogen-bond donors (Lipinski definition) is 3. The Kier molecular flexibility index (Phi) is 15.5. The highest BCUT2D eigenvalue weighted by Gasteiger charge is 2.39. The minimum atomic E-state index is -1.49. The van der Waals surface area contributed by atoms with E-state index in [1.54, 1.807) is 49.7 Å². The molecule has 0 saturated heterocycles. The van der Waals surface area contributed by atoms with Crippen molar-refractivity contribution in [3.8, 4) is 11.5 Å². The number of esters is 1. The molecular weight excluding hydrogens is 621 g/mol. The molecule has 0 aliphatic carbocycles. The van der Waals surface area contributed by atoms with E-state index in [-0.39, 0.29) is 23.5 Å². The molecule has 48 heavy (non-hydrogen) atoms. The van der Waals surface area contributed by atoms with Crippen molar-refractivity contribution in [1.29, 1.82) is 0 Å². The quantitative estimate of drug-likeness (QED) is 0.0507. The zero-order valence-corrected chi connectivity index (χ0v) is 30.5. The fraction of sp³-hybridized carbons (Fsp3) is 0.282. The number of carbonyl (C=O) groups excluding carboxylic acids is 1. The summed E-state index contributed by atoms with van der Waals surface area (Å²) in [6.45, 7) is 14.0. The summed E-state index contributed by atoms with van der Waals surface area (Å²) in [4.78, 5) is 16.4. The van der Waals surface area contributed by atoms with E-state index < -0.39 is 13.7 Å². The second-order valence-corrected chi connectivity index (χ2v) is 17.0.